The summed E-state index contributed by atoms with van der Waals surface area (Å²) in [5, 5.41) is 3.51. The maximum atomic E-state index is 12.3. The Bertz CT molecular complexity index is 829. The van der Waals surface area contributed by atoms with Crippen molar-refractivity contribution in [3.05, 3.63) is 45.9 Å². The highest BCUT2D eigenvalue weighted by molar-refractivity contribution is 7.00. The van der Waals surface area contributed by atoms with Gasteiger partial charge in [0, 0.05) is 16.3 Å². The van der Waals surface area contributed by atoms with E-state index in [-0.39, 0.29) is 5.91 Å². The lowest BCUT2D eigenvalue weighted by atomic mass is 10.2. The summed E-state index contributed by atoms with van der Waals surface area (Å²) in [6, 6.07) is 8.03. The zero-order valence-electron chi connectivity index (χ0n) is 10.4. The van der Waals surface area contributed by atoms with E-state index in [1.807, 2.05) is 0 Å². The zero-order valence-corrected chi connectivity index (χ0v) is 12.8. The van der Waals surface area contributed by atoms with Gasteiger partial charge in [-0.15, -0.1) is 0 Å². The molecule has 0 spiro atoms. The first-order chi connectivity index (χ1) is 10.0. The van der Waals surface area contributed by atoms with Crippen molar-refractivity contribution in [2.45, 2.75) is 0 Å². The van der Waals surface area contributed by atoms with Crippen LogP contribution in [0.2, 0.25) is 10.0 Å². The molecule has 2 aromatic carbocycles. The number of nitrogens with one attached hydrogen (secondary N) is 1. The van der Waals surface area contributed by atoms with Crippen LogP contribution in [0.1, 0.15) is 10.4 Å². The number of aromatic nitrogens is 2. The number of nitrogens with zero attached hydrogens (tertiary/aromatic N) is 2. The van der Waals surface area contributed by atoms with Crippen molar-refractivity contribution in [3.8, 4) is 0 Å². The standard InChI is InChI=1S/C13H8Cl2N4OS/c14-7-3-6(4-8(16)5-7)13(20)17-11-9(15)1-2-10-12(11)19-21-18-10/h1-5H,16H2,(H,17,20). The van der Waals surface area contributed by atoms with Gasteiger partial charge in [-0.3, -0.25) is 4.79 Å². The minimum Gasteiger partial charge on any atom is -0.399 e. The van der Waals surface area contributed by atoms with Gasteiger partial charge >= 0.3 is 0 Å². The number of nitrogens with two attached hydrogens (primary N) is 1. The number of benzene rings is 2. The highest BCUT2D eigenvalue weighted by Gasteiger charge is 2.14. The molecule has 0 atom stereocenters. The molecular weight excluding hydrogens is 331 g/mol. The Morgan fingerprint density at radius 2 is 2.00 bits per heavy atom. The van der Waals surface area contributed by atoms with Crippen LogP contribution >= 0.6 is 34.9 Å². The molecule has 0 radical (unpaired) electrons. The molecule has 3 rings (SSSR count). The van der Waals surface area contributed by atoms with E-state index in [9.17, 15) is 4.79 Å². The predicted octanol–water partition coefficient (Wildman–Crippen LogP) is 3.83. The van der Waals surface area contributed by atoms with Gasteiger partial charge in [0.15, 0.2) is 0 Å². The molecule has 0 fully saturated rings. The van der Waals surface area contributed by atoms with Crippen LogP contribution < -0.4 is 11.1 Å². The fourth-order valence-electron chi connectivity index (χ4n) is 1.87. The third-order valence-electron chi connectivity index (χ3n) is 2.80. The highest BCUT2D eigenvalue weighted by Crippen LogP contribution is 2.30. The number of halogens is 2. The largest absolute Gasteiger partial charge is 0.399 e. The van der Waals surface area contributed by atoms with E-state index in [1.54, 1.807) is 18.2 Å². The topological polar surface area (TPSA) is 80.9 Å². The molecule has 3 N–H and O–H groups in total. The molecule has 1 amide bonds. The highest BCUT2D eigenvalue weighted by atomic mass is 35.5. The van der Waals surface area contributed by atoms with Crippen molar-refractivity contribution in [3.63, 3.8) is 0 Å². The Hall–Kier alpha value is -1.89. The molecule has 0 bridgehead atoms. The van der Waals surface area contributed by atoms with E-state index in [1.165, 1.54) is 12.1 Å². The number of rotatable bonds is 2. The molecule has 0 aliphatic rings. The maximum absolute atomic E-state index is 12.3. The van der Waals surface area contributed by atoms with Gasteiger partial charge in [0.1, 0.15) is 11.0 Å². The molecule has 21 heavy (non-hydrogen) atoms. The molecule has 106 valence electrons. The van der Waals surface area contributed by atoms with E-state index in [0.29, 0.717) is 38.0 Å². The van der Waals surface area contributed by atoms with Crippen LogP contribution in [0.25, 0.3) is 11.0 Å². The van der Waals surface area contributed by atoms with Gasteiger partial charge in [-0.2, -0.15) is 8.75 Å². The average molecular weight is 339 g/mol. The Kier molecular flexibility index (Phi) is 3.67. The zero-order chi connectivity index (χ0) is 15.0. The van der Waals surface area contributed by atoms with Crippen molar-refractivity contribution >= 4 is 63.2 Å². The lowest BCUT2D eigenvalue weighted by molar-refractivity contribution is 0.102. The van der Waals surface area contributed by atoms with Gasteiger partial charge in [0.25, 0.3) is 5.91 Å². The second-order valence-electron chi connectivity index (χ2n) is 4.28. The number of carbonyl (C=O) groups is 1. The van der Waals surface area contributed by atoms with Crippen LogP contribution in [0.3, 0.4) is 0 Å². The molecular formula is C13H8Cl2N4OS. The Balaban J connectivity index is 2.00. The van der Waals surface area contributed by atoms with Crippen LogP contribution in [-0.4, -0.2) is 14.7 Å². The summed E-state index contributed by atoms with van der Waals surface area (Å²) in [4.78, 5) is 12.3. The molecule has 1 aromatic heterocycles. The molecule has 0 aliphatic carbocycles. The molecule has 3 aromatic rings. The van der Waals surface area contributed by atoms with E-state index in [0.717, 1.165) is 11.7 Å². The molecule has 8 heteroatoms. The fourth-order valence-corrected chi connectivity index (χ4v) is 2.86. The van der Waals surface area contributed by atoms with Gasteiger partial charge in [0.2, 0.25) is 0 Å². The number of amides is 1. The first-order valence-corrected chi connectivity index (χ1v) is 7.31. The Morgan fingerprint density at radius 3 is 2.76 bits per heavy atom. The molecule has 5 nitrogen and oxygen atoms in total. The smallest absolute Gasteiger partial charge is 0.255 e. The molecule has 0 saturated carbocycles. The predicted molar refractivity (Wildman–Crippen MR) is 86.2 cm³/mol. The first kappa shape index (κ1) is 14.1. The fraction of sp³-hybridized carbons (Fsp3) is 0. The summed E-state index contributed by atoms with van der Waals surface area (Å²) in [5.74, 6) is -0.369. The third-order valence-corrected chi connectivity index (χ3v) is 3.87. The SMILES string of the molecule is Nc1cc(Cl)cc(C(=O)Nc2c(Cl)ccc3nsnc23)c1. The first-order valence-electron chi connectivity index (χ1n) is 5.83. The molecule has 0 aliphatic heterocycles. The van der Waals surface area contributed by atoms with Crippen LogP contribution in [-0.2, 0) is 0 Å². The van der Waals surface area contributed by atoms with Gasteiger partial charge in [-0.25, -0.2) is 0 Å². The molecule has 0 unspecified atom stereocenters. The number of hydrogen-bond donors (Lipinski definition) is 2. The van der Waals surface area contributed by atoms with Crippen LogP contribution in [0, 0.1) is 0 Å². The van der Waals surface area contributed by atoms with E-state index in [2.05, 4.69) is 14.1 Å². The number of anilines is 2. The van der Waals surface area contributed by atoms with E-state index in [4.69, 9.17) is 28.9 Å². The summed E-state index contributed by atoms with van der Waals surface area (Å²) < 4.78 is 8.25. The average Bonchev–Trinajstić information content (AvgIpc) is 2.89. The summed E-state index contributed by atoms with van der Waals surface area (Å²) in [6.45, 7) is 0. The number of fused-ring (bicyclic) bond motifs is 1. The van der Waals surface area contributed by atoms with Crippen LogP contribution in [0.15, 0.2) is 30.3 Å². The summed E-state index contributed by atoms with van der Waals surface area (Å²) >= 11 is 13.1. The van der Waals surface area contributed by atoms with Gasteiger partial charge in [-0.05, 0) is 30.3 Å². The Morgan fingerprint density at radius 1 is 1.19 bits per heavy atom. The van der Waals surface area contributed by atoms with Crippen LogP contribution in [0.4, 0.5) is 11.4 Å². The lowest BCUT2D eigenvalue weighted by Gasteiger charge is -2.08. The van der Waals surface area contributed by atoms with Crippen LogP contribution in [0.5, 0.6) is 0 Å². The minimum atomic E-state index is -0.369. The van der Waals surface area contributed by atoms with Gasteiger partial charge in [-0.1, -0.05) is 23.2 Å². The van der Waals surface area contributed by atoms with E-state index >= 15 is 0 Å². The third kappa shape index (κ3) is 2.78. The van der Waals surface area contributed by atoms with Crippen molar-refractivity contribution in [2.24, 2.45) is 0 Å². The minimum absolute atomic E-state index is 0.344. The Labute approximate surface area is 134 Å². The quantitative estimate of drug-likeness (QED) is 0.695. The van der Waals surface area contributed by atoms with Crippen molar-refractivity contribution in [1.29, 1.82) is 0 Å². The van der Waals surface area contributed by atoms with Crippen molar-refractivity contribution < 1.29 is 4.79 Å². The van der Waals surface area contributed by atoms with Crippen molar-refractivity contribution in [2.75, 3.05) is 11.1 Å². The molecule has 0 saturated heterocycles. The monoisotopic (exact) mass is 338 g/mol. The normalized spacial score (nSPS) is 10.8. The second kappa shape index (κ2) is 5.48. The number of nitrogen functional groups attached to an aromatic ring is 1. The van der Waals surface area contributed by atoms with Gasteiger partial charge in [0.05, 0.1) is 22.4 Å². The second-order valence-corrected chi connectivity index (χ2v) is 5.65. The molecule has 1 heterocycles. The van der Waals surface area contributed by atoms with E-state index < -0.39 is 0 Å². The number of carbonyl (C=O) groups excluding carboxylic acids is 1. The maximum Gasteiger partial charge on any atom is 0.255 e. The van der Waals surface area contributed by atoms with Gasteiger partial charge < -0.3 is 11.1 Å². The summed E-state index contributed by atoms with van der Waals surface area (Å²) in [5.41, 5.74) is 8.08. The lowest BCUT2D eigenvalue weighted by Crippen LogP contribution is -2.13. The summed E-state index contributed by atoms with van der Waals surface area (Å²) in [6.07, 6.45) is 0. The number of hydrogen-bond acceptors (Lipinski definition) is 5. The van der Waals surface area contributed by atoms with Crippen molar-refractivity contribution in [1.82, 2.24) is 8.75 Å². The summed E-state index contributed by atoms with van der Waals surface area (Å²) in [7, 11) is 0.